The van der Waals surface area contributed by atoms with Crippen molar-refractivity contribution in [2.45, 2.75) is 25.7 Å². The Labute approximate surface area is 102 Å². The molecule has 2 aromatic rings. The molecule has 0 unspecified atom stereocenters. The zero-order valence-electron chi connectivity index (χ0n) is 9.55. The Hall–Kier alpha value is -1.12. The monoisotopic (exact) mass is 281 g/mol. The number of hydrogen-bond donors (Lipinski definition) is 0. The zero-order valence-corrected chi connectivity index (χ0v) is 11.3. The quantitative estimate of drug-likeness (QED) is 0.791. The third kappa shape index (κ3) is 2.94. The van der Waals surface area contributed by atoms with Crippen LogP contribution in [0.15, 0.2) is 30.5 Å². The molecule has 0 aromatic carbocycles. The predicted octanol–water partition coefficient (Wildman–Crippen LogP) is 1.34. The molecular formula is C12H15N3Se. The van der Waals surface area contributed by atoms with Crippen LogP contribution in [0.25, 0.3) is 0 Å². The second-order valence-corrected chi connectivity index (χ2v) is 6.01. The van der Waals surface area contributed by atoms with Gasteiger partial charge in [0, 0.05) is 0 Å². The third-order valence-corrected chi connectivity index (χ3v) is 4.23. The number of aryl methyl sites for hydroxylation is 3. The van der Waals surface area contributed by atoms with Gasteiger partial charge in [-0.15, -0.1) is 0 Å². The molecule has 0 aliphatic heterocycles. The van der Waals surface area contributed by atoms with Gasteiger partial charge in [-0.1, -0.05) is 0 Å². The van der Waals surface area contributed by atoms with Gasteiger partial charge in [-0.3, -0.25) is 0 Å². The Morgan fingerprint density at radius 3 is 2.81 bits per heavy atom. The van der Waals surface area contributed by atoms with Gasteiger partial charge in [-0.2, -0.15) is 0 Å². The normalized spacial score (nSPS) is 10.6. The summed E-state index contributed by atoms with van der Waals surface area (Å²) in [6.07, 6.45) is 1.86. The summed E-state index contributed by atoms with van der Waals surface area (Å²) >= 11 is 0.452. The molecule has 2 rings (SSSR count). The molecule has 0 N–H and O–H groups in total. The van der Waals surface area contributed by atoms with Crippen LogP contribution in [0.3, 0.4) is 0 Å². The van der Waals surface area contributed by atoms with Crippen LogP contribution in [0, 0.1) is 13.8 Å². The van der Waals surface area contributed by atoms with Crippen LogP contribution in [0.4, 0.5) is 0 Å². The van der Waals surface area contributed by atoms with Gasteiger partial charge < -0.3 is 0 Å². The van der Waals surface area contributed by atoms with Crippen molar-refractivity contribution in [2.75, 3.05) is 0 Å². The molecule has 2 aromatic heterocycles. The van der Waals surface area contributed by atoms with Crippen molar-refractivity contribution in [3.05, 3.63) is 41.9 Å². The molecule has 0 saturated heterocycles. The van der Waals surface area contributed by atoms with Gasteiger partial charge >= 0.3 is 102 Å². The van der Waals surface area contributed by atoms with Crippen LogP contribution >= 0.6 is 0 Å². The number of rotatable bonds is 4. The van der Waals surface area contributed by atoms with Crippen LogP contribution in [0.2, 0.25) is 5.32 Å². The van der Waals surface area contributed by atoms with Crippen molar-refractivity contribution in [3.8, 4) is 0 Å². The summed E-state index contributed by atoms with van der Waals surface area (Å²) in [7, 11) is 0. The van der Waals surface area contributed by atoms with Crippen LogP contribution in [-0.2, 0) is 6.54 Å². The Morgan fingerprint density at radius 1 is 1.31 bits per heavy atom. The van der Waals surface area contributed by atoms with E-state index in [0.29, 0.717) is 15.0 Å². The molecule has 2 heterocycles. The van der Waals surface area contributed by atoms with E-state index in [-0.39, 0.29) is 0 Å². The molecule has 0 saturated carbocycles. The van der Waals surface area contributed by atoms with Crippen LogP contribution in [-0.4, -0.2) is 29.7 Å². The Kier molecular flexibility index (Phi) is 3.75. The van der Waals surface area contributed by atoms with E-state index in [1.54, 1.807) is 0 Å². The second kappa shape index (κ2) is 5.28. The summed E-state index contributed by atoms with van der Waals surface area (Å²) in [5.74, 6) is 0. The van der Waals surface area contributed by atoms with E-state index >= 15 is 0 Å². The van der Waals surface area contributed by atoms with E-state index in [1.165, 1.54) is 10.3 Å². The molecule has 0 radical (unpaired) electrons. The average Bonchev–Trinajstić information content (AvgIpc) is 2.59. The molecule has 0 aliphatic rings. The summed E-state index contributed by atoms with van der Waals surface area (Å²) in [4.78, 5) is 4.34. The van der Waals surface area contributed by atoms with Crippen molar-refractivity contribution in [1.29, 1.82) is 0 Å². The number of nitrogens with zero attached hydrogens (tertiary/aromatic N) is 3. The van der Waals surface area contributed by atoms with Crippen molar-refractivity contribution >= 4 is 19.5 Å². The summed E-state index contributed by atoms with van der Waals surface area (Å²) in [5.41, 5.74) is 2.34. The molecule has 0 bridgehead atoms. The number of hydrogen-bond acceptors (Lipinski definition) is 2. The topological polar surface area (TPSA) is 30.7 Å². The van der Waals surface area contributed by atoms with Gasteiger partial charge in [0.25, 0.3) is 0 Å². The molecule has 0 spiro atoms. The van der Waals surface area contributed by atoms with Crippen LogP contribution in [0.5, 0.6) is 0 Å². The average molecular weight is 280 g/mol. The van der Waals surface area contributed by atoms with E-state index in [9.17, 15) is 0 Å². The van der Waals surface area contributed by atoms with Crippen molar-refractivity contribution < 1.29 is 0 Å². The Balaban J connectivity index is 1.87. The fraction of sp³-hybridized carbons (Fsp3) is 0.333. The third-order valence-electron chi connectivity index (χ3n) is 2.29. The minimum absolute atomic E-state index is 0.452. The first-order valence-corrected chi connectivity index (χ1v) is 7.37. The SMILES string of the molecule is Cc1cc(C)n(CC[Se]c2ccccn2)n1. The first-order chi connectivity index (χ1) is 7.75. The first-order valence-electron chi connectivity index (χ1n) is 5.30. The van der Waals surface area contributed by atoms with Gasteiger partial charge in [0.2, 0.25) is 0 Å². The van der Waals surface area contributed by atoms with E-state index in [4.69, 9.17) is 0 Å². The molecular weight excluding hydrogens is 265 g/mol. The van der Waals surface area contributed by atoms with Crippen molar-refractivity contribution in [2.24, 2.45) is 0 Å². The number of aromatic nitrogens is 3. The standard InChI is InChI=1S/C12H15N3Se/c1-10-9-11(2)15(14-10)7-8-16-12-5-3-4-6-13-12/h3-6,9H,7-8H2,1-2H3. The molecule has 4 heteroatoms. The second-order valence-electron chi connectivity index (χ2n) is 3.67. The maximum absolute atomic E-state index is 4.45. The van der Waals surface area contributed by atoms with Gasteiger partial charge in [0.05, 0.1) is 0 Å². The van der Waals surface area contributed by atoms with E-state index in [1.807, 2.05) is 25.3 Å². The van der Waals surface area contributed by atoms with Gasteiger partial charge in [-0.25, -0.2) is 0 Å². The number of pyridine rings is 1. The fourth-order valence-corrected chi connectivity index (χ4v) is 3.21. The Bertz CT molecular complexity index is 451. The fourth-order valence-electron chi connectivity index (χ4n) is 1.57. The van der Waals surface area contributed by atoms with Gasteiger partial charge in [0.15, 0.2) is 0 Å². The molecule has 16 heavy (non-hydrogen) atoms. The molecule has 84 valence electrons. The van der Waals surface area contributed by atoms with Crippen LogP contribution in [0.1, 0.15) is 11.4 Å². The van der Waals surface area contributed by atoms with Crippen LogP contribution < -0.4 is 4.59 Å². The summed E-state index contributed by atoms with van der Waals surface area (Å²) in [6.45, 7) is 5.14. The van der Waals surface area contributed by atoms with E-state index in [2.05, 4.69) is 33.8 Å². The predicted molar refractivity (Wildman–Crippen MR) is 66.1 cm³/mol. The van der Waals surface area contributed by atoms with Crippen molar-refractivity contribution in [3.63, 3.8) is 0 Å². The molecule has 0 aliphatic carbocycles. The summed E-state index contributed by atoms with van der Waals surface area (Å²) in [6, 6.07) is 8.23. The first kappa shape index (κ1) is 11.4. The summed E-state index contributed by atoms with van der Waals surface area (Å²) < 4.78 is 3.30. The van der Waals surface area contributed by atoms with Gasteiger partial charge in [-0.05, 0) is 0 Å². The summed E-state index contributed by atoms with van der Waals surface area (Å²) in [5, 5.41) is 5.59. The Morgan fingerprint density at radius 2 is 2.19 bits per heavy atom. The maximum atomic E-state index is 4.45. The molecule has 0 amide bonds. The van der Waals surface area contributed by atoms with Crippen molar-refractivity contribution in [1.82, 2.24) is 14.8 Å². The molecule has 0 atom stereocenters. The van der Waals surface area contributed by atoms with E-state index in [0.717, 1.165) is 17.6 Å². The molecule has 0 fully saturated rings. The zero-order chi connectivity index (χ0) is 11.4. The minimum atomic E-state index is 0.452. The molecule has 3 nitrogen and oxygen atoms in total. The van der Waals surface area contributed by atoms with E-state index < -0.39 is 0 Å². The van der Waals surface area contributed by atoms with Gasteiger partial charge in [0.1, 0.15) is 0 Å².